The van der Waals surface area contributed by atoms with Crippen molar-refractivity contribution in [2.45, 2.75) is 35.8 Å². The minimum atomic E-state index is -5.62. The zero-order chi connectivity index (χ0) is 29.3. The molecule has 212 valence electrons. The van der Waals surface area contributed by atoms with Gasteiger partial charge < -0.3 is 5.32 Å². The van der Waals surface area contributed by atoms with Gasteiger partial charge in [0.25, 0.3) is 26.0 Å². The van der Waals surface area contributed by atoms with E-state index >= 15 is 0 Å². The monoisotopic (exact) mass is 597 g/mol. The lowest BCUT2D eigenvalue weighted by Crippen LogP contribution is -2.46. The van der Waals surface area contributed by atoms with E-state index in [0.717, 1.165) is 17.7 Å². The maximum Gasteiger partial charge on any atom is 0.501 e. The van der Waals surface area contributed by atoms with Crippen LogP contribution in [0.5, 0.6) is 0 Å². The normalized spacial score (nSPS) is 18.1. The minimum Gasteiger partial charge on any atom is -0.323 e. The summed E-state index contributed by atoms with van der Waals surface area (Å²) in [4.78, 5) is 29.6. The molecule has 16 heteroatoms. The Morgan fingerprint density at radius 1 is 0.975 bits per heavy atom. The third kappa shape index (κ3) is 5.93. The number of hydrogen-bond donors (Lipinski definition) is 3. The lowest BCUT2D eigenvalue weighted by molar-refractivity contribution is -0.121. The van der Waals surface area contributed by atoms with Crippen LogP contribution in [-0.4, -0.2) is 44.8 Å². The van der Waals surface area contributed by atoms with Crippen LogP contribution in [0, 0.1) is 0 Å². The fourth-order valence-corrected chi connectivity index (χ4v) is 5.62. The highest BCUT2D eigenvalue weighted by Crippen LogP contribution is 2.33. The molecule has 1 aliphatic rings. The number of nitrogens with zero attached hydrogens (tertiary/aromatic N) is 2. The number of imide groups is 1. The van der Waals surface area contributed by atoms with Crippen LogP contribution in [-0.2, 0) is 37.8 Å². The molecule has 0 spiro atoms. The second-order valence-electron chi connectivity index (χ2n) is 8.97. The Bertz CT molecular complexity index is 1650. The van der Waals surface area contributed by atoms with Gasteiger partial charge in [-0.05, 0) is 48.4 Å². The number of pyridine rings is 1. The molecule has 2 aromatic carbocycles. The number of amides is 3. The lowest BCUT2D eigenvalue weighted by atomic mass is 9.92. The maximum absolute atomic E-state index is 13.3. The highest BCUT2D eigenvalue weighted by Gasteiger charge is 2.50. The smallest absolute Gasteiger partial charge is 0.323 e. The van der Waals surface area contributed by atoms with Gasteiger partial charge in [-0.15, -0.1) is 0 Å². The molecule has 1 fully saturated rings. The van der Waals surface area contributed by atoms with Crippen LogP contribution in [0.2, 0.25) is 0 Å². The Labute approximate surface area is 227 Å². The molecule has 1 aliphatic heterocycles. The Morgan fingerprint density at radius 2 is 1.62 bits per heavy atom. The summed E-state index contributed by atoms with van der Waals surface area (Å²) in [5, 5.41) is 2.51. The van der Waals surface area contributed by atoms with Crippen molar-refractivity contribution in [2.24, 2.45) is 0 Å². The second-order valence-corrected chi connectivity index (χ2v) is 12.4. The topological polar surface area (TPSA) is 155 Å². The van der Waals surface area contributed by atoms with Crippen LogP contribution in [0.4, 0.5) is 29.3 Å². The van der Waals surface area contributed by atoms with Crippen molar-refractivity contribution in [3.05, 3.63) is 84.2 Å². The average Bonchev–Trinajstić information content (AvgIpc) is 3.11. The summed E-state index contributed by atoms with van der Waals surface area (Å²) < 4.78 is 91.8. The summed E-state index contributed by atoms with van der Waals surface area (Å²) >= 11 is 0. The number of sulfone groups is 1. The first-order valence-electron chi connectivity index (χ1n) is 11.5. The zero-order valence-electron chi connectivity index (χ0n) is 20.6. The average molecular weight is 598 g/mol. The van der Waals surface area contributed by atoms with Crippen molar-refractivity contribution in [1.29, 1.82) is 0 Å². The third-order valence-electron chi connectivity index (χ3n) is 5.98. The highest BCUT2D eigenvalue weighted by atomic mass is 32.2. The molecule has 1 aromatic heterocycles. The van der Waals surface area contributed by atoms with Gasteiger partial charge in [-0.2, -0.15) is 26.3 Å². The van der Waals surface area contributed by atoms with Crippen molar-refractivity contribution < 1.29 is 39.6 Å². The van der Waals surface area contributed by atoms with E-state index in [0.29, 0.717) is 22.6 Å². The first-order chi connectivity index (χ1) is 18.6. The molecule has 1 saturated heterocycles. The number of carbonyl (C=O) groups excluding carboxylic acids is 2. The van der Waals surface area contributed by atoms with E-state index in [1.165, 1.54) is 25.4 Å². The van der Waals surface area contributed by atoms with Gasteiger partial charge in [0.2, 0.25) is 0 Å². The van der Waals surface area contributed by atoms with Crippen molar-refractivity contribution in [3.8, 4) is 0 Å². The fourth-order valence-electron chi connectivity index (χ4n) is 3.95. The summed E-state index contributed by atoms with van der Waals surface area (Å²) in [7, 11) is -9.68. The number of anilines is 2. The molecule has 3 N–H and O–H groups in total. The largest absolute Gasteiger partial charge is 0.501 e. The van der Waals surface area contributed by atoms with E-state index in [1.807, 2.05) is 0 Å². The van der Waals surface area contributed by atoms with Crippen molar-refractivity contribution in [3.63, 3.8) is 0 Å². The van der Waals surface area contributed by atoms with Crippen LogP contribution in [0.1, 0.15) is 18.1 Å². The van der Waals surface area contributed by atoms with E-state index in [9.17, 15) is 39.6 Å². The Hall–Kier alpha value is -4.02. The summed E-state index contributed by atoms with van der Waals surface area (Å²) in [5.74, 6) is -0.795. The molecule has 1 unspecified atom stereocenters. The van der Waals surface area contributed by atoms with Gasteiger partial charge in [0.15, 0.2) is 0 Å². The minimum absolute atomic E-state index is 0.00997. The first kappa shape index (κ1) is 29.0. The van der Waals surface area contributed by atoms with E-state index in [-0.39, 0.29) is 24.3 Å². The number of rotatable bonds is 9. The molecule has 11 nitrogen and oxygen atoms in total. The SMILES string of the molecule is CC1(Cc2ccncc2NS(=O)(=O)NCc2ccccc2)NC(=O)N(c2ccc(S(=O)(=O)C(F)(F)F)cc2)C1=O. The molecule has 0 aliphatic carbocycles. The van der Waals surface area contributed by atoms with Gasteiger partial charge in [0.05, 0.1) is 22.5 Å². The molecule has 3 amide bonds. The van der Waals surface area contributed by atoms with Crippen LogP contribution in [0.3, 0.4) is 0 Å². The predicted molar refractivity (Wildman–Crippen MR) is 138 cm³/mol. The summed E-state index contributed by atoms with van der Waals surface area (Å²) in [5.41, 5.74) is -6.19. The quantitative estimate of drug-likeness (QED) is 0.321. The maximum atomic E-state index is 13.3. The Morgan fingerprint density at radius 3 is 2.25 bits per heavy atom. The van der Waals surface area contributed by atoms with Crippen LogP contribution in [0.15, 0.2) is 78.0 Å². The molecule has 3 aromatic rings. The Balaban J connectivity index is 1.52. The lowest BCUT2D eigenvalue weighted by Gasteiger charge is -2.23. The van der Waals surface area contributed by atoms with Gasteiger partial charge in [0, 0.05) is 19.2 Å². The molecule has 4 rings (SSSR count). The molecular formula is C24H22F3N5O6S2. The second kappa shape index (κ2) is 10.5. The number of carbonyl (C=O) groups is 2. The molecule has 1 atom stereocenters. The number of urea groups is 1. The first-order valence-corrected chi connectivity index (χ1v) is 14.4. The van der Waals surface area contributed by atoms with Crippen molar-refractivity contribution >= 4 is 43.4 Å². The zero-order valence-corrected chi connectivity index (χ0v) is 22.3. The Kier molecular flexibility index (Phi) is 7.62. The van der Waals surface area contributed by atoms with Crippen LogP contribution >= 0.6 is 0 Å². The fraction of sp³-hybridized carbons (Fsp3) is 0.208. The number of benzene rings is 2. The summed E-state index contributed by atoms with van der Waals surface area (Å²) in [6.07, 6.45) is 2.42. The van der Waals surface area contributed by atoms with Gasteiger partial charge in [0.1, 0.15) is 5.54 Å². The van der Waals surface area contributed by atoms with E-state index < -0.39 is 47.9 Å². The summed E-state index contributed by atoms with van der Waals surface area (Å²) in [6.45, 7) is 1.40. The molecule has 0 radical (unpaired) electrons. The van der Waals surface area contributed by atoms with Crippen molar-refractivity contribution in [2.75, 3.05) is 9.62 Å². The van der Waals surface area contributed by atoms with Crippen LogP contribution in [0.25, 0.3) is 0 Å². The number of alkyl halides is 3. The van der Waals surface area contributed by atoms with Gasteiger partial charge in [-0.1, -0.05) is 30.3 Å². The predicted octanol–water partition coefficient (Wildman–Crippen LogP) is 2.88. The van der Waals surface area contributed by atoms with E-state index in [4.69, 9.17) is 0 Å². The molecule has 0 saturated carbocycles. The van der Waals surface area contributed by atoms with Gasteiger partial charge in [-0.25, -0.2) is 18.1 Å². The highest BCUT2D eigenvalue weighted by molar-refractivity contribution is 7.92. The molecule has 0 bridgehead atoms. The van der Waals surface area contributed by atoms with Gasteiger partial charge in [-0.3, -0.25) is 14.5 Å². The van der Waals surface area contributed by atoms with E-state index in [2.05, 4.69) is 19.7 Å². The standard InChI is InChI=1S/C24H22F3N5O6S2/c1-23(13-17-11-12-28-15-20(17)31-40(37,38)29-14-16-5-3-2-4-6-16)21(33)32(22(34)30-23)18-7-9-19(10-8-18)39(35,36)24(25,26)27/h2-12,15,29,31H,13-14H2,1H3,(H,30,34). The number of nitrogens with one attached hydrogen (secondary N) is 3. The van der Waals surface area contributed by atoms with Crippen molar-refractivity contribution in [1.82, 2.24) is 15.0 Å². The molecular weight excluding hydrogens is 575 g/mol. The number of aromatic nitrogens is 1. The molecule has 40 heavy (non-hydrogen) atoms. The third-order valence-corrected chi connectivity index (χ3v) is 8.49. The van der Waals surface area contributed by atoms with Gasteiger partial charge >= 0.3 is 11.5 Å². The molecule has 2 heterocycles. The van der Waals surface area contributed by atoms with Crippen LogP contribution < -0.4 is 19.7 Å². The number of hydrogen-bond acceptors (Lipinski definition) is 7. The summed E-state index contributed by atoms with van der Waals surface area (Å²) in [6, 6.07) is 12.4. The van der Waals surface area contributed by atoms with E-state index in [1.54, 1.807) is 30.3 Å². The number of halogens is 3.